The molecule has 4 aliphatic heterocycles. The number of anilines is 2. The molecule has 360 valence electrons. The van der Waals surface area contributed by atoms with E-state index >= 15 is 0 Å². The van der Waals surface area contributed by atoms with Crippen LogP contribution in [0.4, 0.5) is 11.4 Å². The van der Waals surface area contributed by atoms with Crippen molar-refractivity contribution in [3.8, 4) is 11.5 Å². The van der Waals surface area contributed by atoms with Gasteiger partial charge in [-0.15, -0.1) is 24.8 Å². The molecule has 17 heteroatoms. The topological polar surface area (TPSA) is 185 Å². The third-order valence-electron chi connectivity index (χ3n) is 14.0. The number of carbonyl (C=O) groups is 2. The zero-order valence-electron chi connectivity index (χ0n) is 37.9. The Kier molecular flexibility index (Phi) is 24.3. The van der Waals surface area contributed by atoms with Crippen molar-refractivity contribution in [1.82, 2.24) is 19.9 Å². The molecule has 0 unspecified atom stereocenters. The number of amides is 2. The summed E-state index contributed by atoms with van der Waals surface area (Å²) in [5.41, 5.74) is 2.97. The molecule has 0 bridgehead atoms. The molecule has 2 amide bonds. The van der Waals surface area contributed by atoms with Crippen LogP contribution in [-0.4, -0.2) is 154 Å². The van der Waals surface area contributed by atoms with Gasteiger partial charge in [-0.3, -0.25) is 29.1 Å². The summed E-state index contributed by atoms with van der Waals surface area (Å²) in [6.07, 6.45) is 15.6. The molecule has 8 rings (SSSR count). The van der Waals surface area contributed by atoms with Crippen LogP contribution in [0.5, 0.6) is 11.5 Å². The van der Waals surface area contributed by atoms with Crippen LogP contribution in [0.3, 0.4) is 0 Å². The molecule has 0 aromatic heterocycles. The van der Waals surface area contributed by atoms with Crippen molar-refractivity contribution in [2.45, 2.75) is 89.9 Å². The zero-order chi connectivity index (χ0) is 40.2. The van der Waals surface area contributed by atoms with Crippen molar-refractivity contribution in [3.05, 3.63) is 48.5 Å². The summed E-state index contributed by atoms with van der Waals surface area (Å²) in [6.45, 7) is 13.1. The summed E-state index contributed by atoms with van der Waals surface area (Å²) in [5.74, 6) is 2.28. The highest BCUT2D eigenvalue weighted by atomic mass is 35.5. The summed E-state index contributed by atoms with van der Waals surface area (Å²) in [4.78, 5) is 46.4. The van der Waals surface area contributed by atoms with Gasteiger partial charge >= 0.3 is 0 Å². The third-order valence-corrected chi connectivity index (χ3v) is 14.0. The van der Waals surface area contributed by atoms with Crippen molar-refractivity contribution < 1.29 is 45.2 Å². The number of piperazine rings is 2. The Morgan fingerprint density at radius 2 is 0.841 bits per heavy atom. The van der Waals surface area contributed by atoms with Gasteiger partial charge in [-0.25, -0.2) is 10.1 Å². The number of benzene rings is 2. The van der Waals surface area contributed by atoms with Crippen LogP contribution in [-0.2, 0) is 19.3 Å². The maximum atomic E-state index is 12.4. The molecular weight excluding hydrogens is 851 g/mol. The fourth-order valence-electron chi connectivity index (χ4n) is 10.4. The van der Waals surface area contributed by atoms with Crippen LogP contribution in [0.2, 0.25) is 0 Å². The molecule has 0 atom stereocenters. The third kappa shape index (κ3) is 15.0. The first-order valence-electron chi connectivity index (χ1n) is 22.5. The smallest absolute Gasteiger partial charge is 0.246 e. The average molecular weight is 930 g/mol. The van der Waals surface area contributed by atoms with E-state index in [-0.39, 0.29) is 53.1 Å². The summed E-state index contributed by atoms with van der Waals surface area (Å²) in [7, 11) is 3.46. The molecule has 2 spiro atoms. The van der Waals surface area contributed by atoms with Gasteiger partial charge < -0.3 is 35.7 Å². The lowest BCUT2D eigenvalue weighted by Gasteiger charge is -2.38. The van der Waals surface area contributed by atoms with Crippen molar-refractivity contribution in [2.24, 2.45) is 10.8 Å². The number of rotatable bonds is 14. The summed E-state index contributed by atoms with van der Waals surface area (Å²) >= 11 is 0. The number of nitrogens with zero attached hydrogens (tertiary/aromatic N) is 6. The van der Waals surface area contributed by atoms with Gasteiger partial charge in [0, 0.05) is 91.4 Å². The molecule has 4 heterocycles. The number of methoxy groups -OCH3 is 2. The van der Waals surface area contributed by atoms with E-state index < -0.39 is 0 Å². The fraction of sp³-hybridized carbons (Fsp3) is 0.696. The predicted molar refractivity (Wildman–Crippen MR) is 253 cm³/mol. The van der Waals surface area contributed by atoms with Crippen molar-refractivity contribution in [1.29, 1.82) is 0 Å². The highest BCUT2D eigenvalue weighted by Gasteiger charge is 2.42. The molecule has 6 fully saturated rings. The Labute approximate surface area is 388 Å². The standard InChI is InChI=1S/2C23H35N3O3.2ClH.3H2O/c2*1-28-21-8-3-2-7-20(21)25-16-14-24(15-17-25)12-6-18-29-26-13-11-23(19-22(26)27)9-4-5-10-23;;;;;/h2*2-3,7-8H,4-6,9-19H2,1H3;2*1H;3*1H2. The molecule has 2 saturated carbocycles. The molecular formula is C46H78Cl2N6O9. The minimum atomic E-state index is 0. The summed E-state index contributed by atoms with van der Waals surface area (Å²) in [5, 5.41) is 3.28. The van der Waals surface area contributed by atoms with Crippen molar-refractivity contribution in [2.75, 3.05) is 116 Å². The largest absolute Gasteiger partial charge is 0.495 e. The molecule has 0 radical (unpaired) electrons. The Balaban J connectivity index is 0.000000402. The van der Waals surface area contributed by atoms with Crippen LogP contribution >= 0.6 is 24.8 Å². The van der Waals surface area contributed by atoms with Gasteiger partial charge in [-0.1, -0.05) is 49.9 Å². The first kappa shape index (κ1) is 56.0. The first-order valence-corrected chi connectivity index (χ1v) is 22.5. The molecule has 15 nitrogen and oxygen atoms in total. The zero-order valence-corrected chi connectivity index (χ0v) is 39.5. The Hall–Kier alpha value is -3.12. The SMILES string of the molecule is COc1ccccc1N1CCN(CCCON2CCC3(CCCC3)CC2=O)CC1.COc1ccccc1N1CCN(CCCON2CCC3(CCCC3)CC2=O)CC1.Cl.Cl.O.O.O. The van der Waals surface area contributed by atoms with E-state index in [9.17, 15) is 9.59 Å². The number of piperidine rings is 2. The second-order valence-electron chi connectivity index (χ2n) is 17.6. The average Bonchev–Trinajstić information content (AvgIpc) is 3.92. The molecule has 6 aliphatic rings. The molecule has 2 aromatic rings. The van der Waals surface area contributed by atoms with Gasteiger partial charge in [-0.05, 0) is 86.5 Å². The highest BCUT2D eigenvalue weighted by Crippen LogP contribution is 2.47. The van der Waals surface area contributed by atoms with Gasteiger partial charge in [0.15, 0.2) is 0 Å². The van der Waals surface area contributed by atoms with Gasteiger partial charge in [-0.2, -0.15) is 0 Å². The maximum absolute atomic E-state index is 12.4. The number of ether oxygens (including phenoxy) is 2. The molecule has 63 heavy (non-hydrogen) atoms. The number of hydrogen-bond donors (Lipinski definition) is 0. The summed E-state index contributed by atoms with van der Waals surface area (Å²) < 4.78 is 11.0. The molecule has 2 aliphatic carbocycles. The first-order chi connectivity index (χ1) is 28.4. The number of carbonyl (C=O) groups excluding carboxylic acids is 2. The lowest BCUT2D eigenvalue weighted by molar-refractivity contribution is -0.200. The maximum Gasteiger partial charge on any atom is 0.246 e. The predicted octanol–water partition coefficient (Wildman–Crippen LogP) is 5.01. The number of halogens is 2. The molecule has 4 saturated heterocycles. The molecule has 2 aromatic carbocycles. The van der Waals surface area contributed by atoms with Crippen LogP contribution in [0.15, 0.2) is 48.5 Å². The van der Waals surface area contributed by atoms with E-state index in [0.29, 0.717) is 36.9 Å². The Morgan fingerprint density at radius 1 is 0.492 bits per heavy atom. The van der Waals surface area contributed by atoms with Gasteiger partial charge in [0.25, 0.3) is 0 Å². The lowest BCUT2D eigenvalue weighted by Crippen LogP contribution is -2.47. The van der Waals surface area contributed by atoms with Crippen LogP contribution in [0, 0.1) is 10.8 Å². The van der Waals surface area contributed by atoms with Crippen molar-refractivity contribution >= 4 is 48.0 Å². The lowest BCUT2D eigenvalue weighted by atomic mass is 9.77. The van der Waals surface area contributed by atoms with Gasteiger partial charge in [0.05, 0.1) is 38.8 Å². The minimum Gasteiger partial charge on any atom is -0.495 e. The van der Waals surface area contributed by atoms with Gasteiger partial charge in [0.1, 0.15) is 11.5 Å². The number of para-hydroxylation sites is 4. The summed E-state index contributed by atoms with van der Waals surface area (Å²) in [6, 6.07) is 16.5. The second kappa shape index (κ2) is 27.4. The Morgan fingerprint density at radius 3 is 1.17 bits per heavy atom. The van der Waals surface area contributed by atoms with E-state index in [1.807, 2.05) is 24.3 Å². The normalized spacial score (nSPS) is 20.7. The van der Waals surface area contributed by atoms with E-state index in [4.69, 9.17) is 19.1 Å². The quantitative estimate of drug-likeness (QED) is 0.233. The molecule has 6 N–H and O–H groups in total. The fourth-order valence-corrected chi connectivity index (χ4v) is 10.4. The van der Waals surface area contributed by atoms with E-state index in [1.165, 1.54) is 62.7 Å². The second-order valence-corrected chi connectivity index (χ2v) is 17.6. The van der Waals surface area contributed by atoms with E-state index in [2.05, 4.69) is 43.9 Å². The van der Waals surface area contributed by atoms with Crippen LogP contribution in [0.25, 0.3) is 0 Å². The number of hydroxylamine groups is 4. The van der Waals surface area contributed by atoms with Crippen LogP contribution in [0.1, 0.15) is 89.9 Å². The monoisotopic (exact) mass is 929 g/mol. The Bertz CT molecular complexity index is 1500. The van der Waals surface area contributed by atoms with E-state index in [1.54, 1.807) is 24.3 Å². The van der Waals surface area contributed by atoms with Crippen LogP contribution < -0.4 is 19.3 Å². The minimum absolute atomic E-state index is 0. The highest BCUT2D eigenvalue weighted by molar-refractivity contribution is 5.85. The number of hydrogen-bond acceptors (Lipinski definition) is 10. The van der Waals surface area contributed by atoms with Crippen molar-refractivity contribution in [3.63, 3.8) is 0 Å². The van der Waals surface area contributed by atoms with Gasteiger partial charge in [0.2, 0.25) is 11.8 Å². The van der Waals surface area contributed by atoms with E-state index in [0.717, 1.165) is 116 Å².